The minimum absolute atomic E-state index is 0.134. The lowest BCUT2D eigenvalue weighted by Crippen LogP contribution is -2.37. The molecule has 2 rings (SSSR count). The lowest BCUT2D eigenvalue weighted by molar-refractivity contribution is -0.145. The molecule has 1 amide bonds. The molecule has 0 saturated carbocycles. The largest absolute Gasteiger partial charge is 0.451 e. The van der Waals surface area contributed by atoms with Gasteiger partial charge in [0, 0.05) is 25.2 Å². The van der Waals surface area contributed by atoms with Gasteiger partial charge in [-0.05, 0) is 46.1 Å². The van der Waals surface area contributed by atoms with Crippen LogP contribution in [0.25, 0.3) is 0 Å². The van der Waals surface area contributed by atoms with Crippen molar-refractivity contribution in [3.05, 3.63) is 23.3 Å². The normalized spacial score (nSPS) is 16.3. The first-order valence-electron chi connectivity index (χ1n) is 8.06. The summed E-state index contributed by atoms with van der Waals surface area (Å²) in [4.78, 5) is 21.1. The van der Waals surface area contributed by atoms with Gasteiger partial charge >= 0.3 is 6.18 Å². The van der Waals surface area contributed by atoms with Crippen LogP contribution >= 0.6 is 0 Å². The molecule has 5 nitrogen and oxygen atoms in total. The summed E-state index contributed by atoms with van der Waals surface area (Å²) in [7, 11) is 0. The maximum absolute atomic E-state index is 13.1. The van der Waals surface area contributed by atoms with Crippen molar-refractivity contribution in [3.8, 4) is 0 Å². The molecule has 1 N–H and O–H groups in total. The zero-order chi connectivity index (χ0) is 18.0. The molecule has 8 heteroatoms. The number of halogens is 3. The lowest BCUT2D eigenvalue weighted by atomic mass is 10.1. The van der Waals surface area contributed by atoms with Crippen LogP contribution in [0.3, 0.4) is 0 Å². The fraction of sp³-hybridized carbons (Fsp3) is 0.688. The number of aromatic nitrogens is 2. The van der Waals surface area contributed by atoms with Gasteiger partial charge in [0.1, 0.15) is 5.69 Å². The number of amides is 1. The predicted molar refractivity (Wildman–Crippen MR) is 83.4 cm³/mol. The van der Waals surface area contributed by atoms with E-state index in [1.807, 2.05) is 20.8 Å². The van der Waals surface area contributed by atoms with E-state index in [0.717, 1.165) is 19.3 Å². The fourth-order valence-electron chi connectivity index (χ4n) is 2.44. The third kappa shape index (κ3) is 5.15. The van der Waals surface area contributed by atoms with Crippen LogP contribution in [0.4, 0.5) is 13.2 Å². The third-order valence-electron chi connectivity index (χ3n) is 3.69. The van der Waals surface area contributed by atoms with E-state index in [9.17, 15) is 18.0 Å². The Morgan fingerprint density at radius 1 is 1.17 bits per heavy atom. The van der Waals surface area contributed by atoms with Gasteiger partial charge in [0.2, 0.25) is 5.82 Å². The molecule has 2 heterocycles. The Kier molecular flexibility index (Phi) is 5.47. The summed E-state index contributed by atoms with van der Waals surface area (Å²) in [5.74, 6) is -1.73. The molecule has 0 spiro atoms. The van der Waals surface area contributed by atoms with Crippen molar-refractivity contribution in [2.75, 3.05) is 13.1 Å². The number of carbonyl (C=O) groups is 1. The molecule has 0 atom stereocenters. The van der Waals surface area contributed by atoms with Crippen LogP contribution in [0, 0.1) is 0 Å². The van der Waals surface area contributed by atoms with Crippen LogP contribution in [0.5, 0.6) is 0 Å². The SMILES string of the molecule is CC(C)(C)NCc1cc(C(=O)N2CCCCC2)nc(C(F)(F)F)n1. The highest BCUT2D eigenvalue weighted by Gasteiger charge is 2.36. The minimum Gasteiger partial charge on any atom is -0.337 e. The van der Waals surface area contributed by atoms with Crippen molar-refractivity contribution in [3.63, 3.8) is 0 Å². The smallest absolute Gasteiger partial charge is 0.337 e. The molecular weight excluding hydrogens is 321 g/mol. The maximum Gasteiger partial charge on any atom is 0.451 e. The van der Waals surface area contributed by atoms with Crippen molar-refractivity contribution in [2.45, 2.75) is 58.3 Å². The van der Waals surface area contributed by atoms with E-state index < -0.39 is 17.9 Å². The first kappa shape index (κ1) is 18.6. The van der Waals surface area contributed by atoms with Gasteiger partial charge in [-0.1, -0.05) is 0 Å². The number of rotatable bonds is 3. The van der Waals surface area contributed by atoms with E-state index in [1.165, 1.54) is 6.07 Å². The molecule has 0 aliphatic carbocycles. The molecular formula is C16H23F3N4O. The van der Waals surface area contributed by atoms with E-state index in [0.29, 0.717) is 13.1 Å². The molecule has 0 bridgehead atoms. The highest BCUT2D eigenvalue weighted by molar-refractivity contribution is 5.92. The van der Waals surface area contributed by atoms with Crippen molar-refractivity contribution in [1.82, 2.24) is 20.2 Å². The van der Waals surface area contributed by atoms with Crippen LogP contribution in [-0.4, -0.2) is 39.4 Å². The maximum atomic E-state index is 13.1. The van der Waals surface area contributed by atoms with Gasteiger partial charge in [-0.3, -0.25) is 4.79 Å². The van der Waals surface area contributed by atoms with Gasteiger partial charge in [-0.2, -0.15) is 13.2 Å². The Bertz CT molecular complexity index is 590. The highest BCUT2D eigenvalue weighted by atomic mass is 19.4. The topological polar surface area (TPSA) is 58.1 Å². The van der Waals surface area contributed by atoms with E-state index in [4.69, 9.17) is 0 Å². The van der Waals surface area contributed by atoms with Crippen LogP contribution < -0.4 is 5.32 Å². The third-order valence-corrected chi connectivity index (χ3v) is 3.69. The zero-order valence-electron chi connectivity index (χ0n) is 14.2. The van der Waals surface area contributed by atoms with Crippen LogP contribution in [0.1, 0.15) is 62.0 Å². The van der Waals surface area contributed by atoms with E-state index >= 15 is 0 Å². The van der Waals surface area contributed by atoms with E-state index in [2.05, 4.69) is 15.3 Å². The molecule has 0 radical (unpaired) electrons. The average molecular weight is 344 g/mol. The summed E-state index contributed by atoms with van der Waals surface area (Å²) in [6.07, 6.45) is -1.93. The number of likely N-dealkylation sites (tertiary alicyclic amines) is 1. The second kappa shape index (κ2) is 7.04. The van der Waals surface area contributed by atoms with Crippen molar-refractivity contribution in [2.24, 2.45) is 0 Å². The minimum atomic E-state index is -4.69. The summed E-state index contributed by atoms with van der Waals surface area (Å²) in [6.45, 7) is 6.95. The Morgan fingerprint density at radius 2 is 1.79 bits per heavy atom. The monoisotopic (exact) mass is 344 g/mol. The molecule has 1 aromatic heterocycles. The Balaban J connectivity index is 2.30. The predicted octanol–water partition coefficient (Wildman–Crippen LogP) is 3.01. The number of nitrogens with zero attached hydrogens (tertiary/aromatic N) is 3. The Labute approximate surface area is 139 Å². The highest BCUT2D eigenvalue weighted by Crippen LogP contribution is 2.27. The van der Waals surface area contributed by atoms with E-state index in [-0.39, 0.29) is 23.5 Å². The van der Waals surface area contributed by atoms with Crippen LogP contribution in [0.15, 0.2) is 6.07 Å². The number of alkyl halides is 3. The van der Waals surface area contributed by atoms with Crippen molar-refractivity contribution in [1.29, 1.82) is 0 Å². The zero-order valence-corrected chi connectivity index (χ0v) is 14.2. The summed E-state index contributed by atoms with van der Waals surface area (Å²) < 4.78 is 39.2. The van der Waals surface area contributed by atoms with Crippen LogP contribution in [-0.2, 0) is 12.7 Å². The molecule has 1 fully saturated rings. The standard InChI is InChI=1S/C16H23F3N4O/c1-15(2,3)20-10-11-9-12(22-14(21-11)16(17,18)19)13(24)23-7-5-4-6-8-23/h9,20H,4-8,10H2,1-3H3. The molecule has 24 heavy (non-hydrogen) atoms. The molecule has 1 aliphatic heterocycles. The number of hydrogen-bond donors (Lipinski definition) is 1. The number of nitrogens with one attached hydrogen (secondary N) is 1. The van der Waals surface area contributed by atoms with Gasteiger partial charge in [-0.25, -0.2) is 9.97 Å². The number of carbonyl (C=O) groups excluding carboxylic acids is 1. The summed E-state index contributed by atoms with van der Waals surface area (Å²) in [6, 6.07) is 1.35. The van der Waals surface area contributed by atoms with Gasteiger partial charge in [-0.15, -0.1) is 0 Å². The van der Waals surface area contributed by atoms with Crippen molar-refractivity contribution < 1.29 is 18.0 Å². The van der Waals surface area contributed by atoms with Gasteiger partial charge in [0.25, 0.3) is 5.91 Å². The molecule has 1 saturated heterocycles. The van der Waals surface area contributed by atoms with Crippen molar-refractivity contribution >= 4 is 5.91 Å². The molecule has 1 aliphatic rings. The first-order chi connectivity index (χ1) is 11.1. The lowest BCUT2D eigenvalue weighted by Gasteiger charge is -2.26. The van der Waals surface area contributed by atoms with E-state index in [1.54, 1.807) is 4.90 Å². The number of hydrogen-bond acceptors (Lipinski definition) is 4. The van der Waals surface area contributed by atoms with Gasteiger partial charge < -0.3 is 10.2 Å². The molecule has 134 valence electrons. The quantitative estimate of drug-likeness (QED) is 0.916. The fourth-order valence-corrected chi connectivity index (χ4v) is 2.44. The summed E-state index contributed by atoms with van der Waals surface area (Å²) in [5.41, 5.74) is -0.307. The number of piperidine rings is 1. The summed E-state index contributed by atoms with van der Waals surface area (Å²) >= 11 is 0. The van der Waals surface area contributed by atoms with Crippen LogP contribution in [0.2, 0.25) is 0 Å². The molecule has 0 aromatic carbocycles. The molecule has 0 unspecified atom stereocenters. The second-order valence-electron chi connectivity index (χ2n) is 7.02. The van der Waals surface area contributed by atoms with Gasteiger partial charge in [0.15, 0.2) is 0 Å². The Morgan fingerprint density at radius 3 is 2.33 bits per heavy atom. The summed E-state index contributed by atoms with van der Waals surface area (Å²) in [5, 5.41) is 3.08. The molecule has 1 aromatic rings. The second-order valence-corrected chi connectivity index (χ2v) is 7.02. The average Bonchev–Trinajstić information content (AvgIpc) is 2.51. The van der Waals surface area contributed by atoms with Gasteiger partial charge in [0.05, 0.1) is 5.69 Å². The Hall–Kier alpha value is -1.70. The first-order valence-corrected chi connectivity index (χ1v) is 8.06.